The van der Waals surface area contributed by atoms with Gasteiger partial charge in [0.05, 0.1) is 6.42 Å². The van der Waals surface area contributed by atoms with Crippen LogP contribution in [-0.4, -0.2) is 28.8 Å². The smallest absolute Gasteiger partial charge is 0.242 e. The summed E-state index contributed by atoms with van der Waals surface area (Å²) >= 11 is 0. The second-order valence-electron chi connectivity index (χ2n) is 9.20. The fraction of sp³-hybridized carbons (Fsp3) is 0.481. The first-order valence-corrected chi connectivity index (χ1v) is 11.5. The first-order chi connectivity index (χ1) is 14.8. The highest BCUT2D eigenvalue weighted by Crippen LogP contribution is 2.19. The van der Waals surface area contributed by atoms with Crippen LogP contribution >= 0.6 is 0 Å². The van der Waals surface area contributed by atoms with Crippen molar-refractivity contribution in [3.8, 4) is 0 Å². The van der Waals surface area contributed by atoms with Crippen molar-refractivity contribution in [3.63, 3.8) is 0 Å². The van der Waals surface area contributed by atoms with Crippen LogP contribution in [0.1, 0.15) is 66.8 Å². The van der Waals surface area contributed by atoms with Gasteiger partial charge >= 0.3 is 0 Å². The van der Waals surface area contributed by atoms with Crippen molar-refractivity contribution in [1.82, 2.24) is 10.2 Å². The molecule has 1 N–H and O–H groups in total. The van der Waals surface area contributed by atoms with Crippen molar-refractivity contribution in [2.75, 3.05) is 0 Å². The van der Waals surface area contributed by atoms with Gasteiger partial charge in [0.2, 0.25) is 11.8 Å². The van der Waals surface area contributed by atoms with E-state index >= 15 is 0 Å². The summed E-state index contributed by atoms with van der Waals surface area (Å²) in [5.41, 5.74) is 5.51. The van der Waals surface area contributed by atoms with Gasteiger partial charge in [0, 0.05) is 12.6 Å². The lowest BCUT2D eigenvalue weighted by Crippen LogP contribution is -2.50. The van der Waals surface area contributed by atoms with E-state index in [4.69, 9.17) is 0 Å². The molecule has 0 aliphatic heterocycles. The van der Waals surface area contributed by atoms with E-state index < -0.39 is 6.04 Å². The van der Waals surface area contributed by atoms with E-state index in [2.05, 4.69) is 35.6 Å². The zero-order valence-corrected chi connectivity index (χ0v) is 19.4. The Morgan fingerprint density at radius 1 is 0.903 bits per heavy atom. The van der Waals surface area contributed by atoms with E-state index in [0.717, 1.165) is 47.9 Å². The highest BCUT2D eigenvalue weighted by molar-refractivity contribution is 5.88. The standard InChI is InChI=1S/C27H36N2O2/c1-19-10-12-23(13-11-19)18-29(22(4)27(31)28-25-8-6-5-7-9-25)26(30)17-24-15-20(2)14-21(3)16-24/h10-16,22,25H,5-9,17-18H2,1-4H3,(H,28,31)/t22-/m0/s1. The highest BCUT2D eigenvalue weighted by atomic mass is 16.2. The quantitative estimate of drug-likeness (QED) is 0.684. The number of nitrogens with zero attached hydrogens (tertiary/aromatic N) is 1. The predicted molar refractivity (Wildman–Crippen MR) is 126 cm³/mol. The van der Waals surface area contributed by atoms with E-state index in [1.54, 1.807) is 4.90 Å². The highest BCUT2D eigenvalue weighted by Gasteiger charge is 2.28. The van der Waals surface area contributed by atoms with Crippen molar-refractivity contribution in [1.29, 1.82) is 0 Å². The fourth-order valence-electron chi connectivity index (χ4n) is 4.49. The van der Waals surface area contributed by atoms with E-state index in [1.165, 1.54) is 12.0 Å². The molecule has 0 bridgehead atoms. The third-order valence-electron chi connectivity index (χ3n) is 6.23. The zero-order chi connectivity index (χ0) is 22.4. The topological polar surface area (TPSA) is 49.4 Å². The molecule has 1 aliphatic carbocycles. The molecule has 3 rings (SSSR count). The maximum atomic E-state index is 13.4. The molecule has 1 fully saturated rings. The molecule has 166 valence electrons. The maximum Gasteiger partial charge on any atom is 0.242 e. The Balaban J connectivity index is 1.77. The molecule has 1 saturated carbocycles. The molecule has 0 spiro atoms. The Morgan fingerprint density at radius 3 is 2.13 bits per heavy atom. The number of hydrogen-bond donors (Lipinski definition) is 1. The third kappa shape index (κ3) is 6.68. The van der Waals surface area contributed by atoms with Gasteiger partial charge in [0.25, 0.3) is 0 Å². The average Bonchev–Trinajstić information content (AvgIpc) is 2.72. The van der Waals surface area contributed by atoms with Gasteiger partial charge in [0.15, 0.2) is 0 Å². The molecule has 2 aromatic rings. The van der Waals surface area contributed by atoms with Gasteiger partial charge in [0.1, 0.15) is 6.04 Å². The molecule has 2 amide bonds. The lowest BCUT2D eigenvalue weighted by Gasteiger charge is -2.31. The van der Waals surface area contributed by atoms with Crippen molar-refractivity contribution in [2.45, 2.75) is 84.8 Å². The van der Waals surface area contributed by atoms with Crippen LogP contribution in [0.5, 0.6) is 0 Å². The lowest BCUT2D eigenvalue weighted by atomic mass is 9.95. The predicted octanol–water partition coefficient (Wildman–Crippen LogP) is 5.02. The van der Waals surface area contributed by atoms with Crippen molar-refractivity contribution < 1.29 is 9.59 Å². The summed E-state index contributed by atoms with van der Waals surface area (Å²) < 4.78 is 0. The van der Waals surface area contributed by atoms with Crippen LogP contribution in [0.3, 0.4) is 0 Å². The molecule has 0 unspecified atom stereocenters. The van der Waals surface area contributed by atoms with Gasteiger partial charge in [-0.15, -0.1) is 0 Å². The van der Waals surface area contributed by atoms with Gasteiger partial charge in [-0.2, -0.15) is 0 Å². The molecular formula is C27H36N2O2. The summed E-state index contributed by atoms with van der Waals surface area (Å²) in [7, 11) is 0. The maximum absolute atomic E-state index is 13.4. The number of hydrogen-bond acceptors (Lipinski definition) is 2. The van der Waals surface area contributed by atoms with Gasteiger partial charge in [-0.05, 0) is 51.7 Å². The molecule has 4 nitrogen and oxygen atoms in total. The van der Waals surface area contributed by atoms with Crippen molar-refractivity contribution in [3.05, 3.63) is 70.3 Å². The van der Waals surface area contributed by atoms with Gasteiger partial charge in [-0.1, -0.05) is 78.4 Å². The zero-order valence-electron chi connectivity index (χ0n) is 19.4. The molecular weight excluding hydrogens is 384 g/mol. The number of carbonyl (C=O) groups is 2. The van der Waals surface area contributed by atoms with Crippen LogP contribution < -0.4 is 5.32 Å². The SMILES string of the molecule is Cc1ccc(CN(C(=O)Cc2cc(C)cc(C)c2)[C@@H](C)C(=O)NC2CCCCC2)cc1. The normalized spacial score (nSPS) is 15.4. The second-order valence-corrected chi connectivity index (χ2v) is 9.20. The van der Waals surface area contributed by atoms with E-state index in [0.29, 0.717) is 13.0 Å². The number of aryl methyl sites for hydroxylation is 3. The largest absolute Gasteiger partial charge is 0.352 e. The minimum atomic E-state index is -0.512. The summed E-state index contributed by atoms with van der Waals surface area (Å²) in [5.74, 6) is -0.0651. The Morgan fingerprint density at radius 2 is 1.52 bits per heavy atom. The summed E-state index contributed by atoms with van der Waals surface area (Å²) in [6, 6.07) is 14.1. The molecule has 2 aromatic carbocycles. The minimum Gasteiger partial charge on any atom is -0.352 e. The van der Waals surface area contributed by atoms with Gasteiger partial charge in [-0.3, -0.25) is 9.59 Å². The summed E-state index contributed by atoms with van der Waals surface area (Å²) in [6.45, 7) is 8.43. The number of amides is 2. The first kappa shape index (κ1) is 23.1. The molecule has 1 aliphatic rings. The van der Waals surface area contributed by atoms with Crippen LogP contribution in [0.2, 0.25) is 0 Å². The fourth-order valence-corrected chi connectivity index (χ4v) is 4.49. The molecule has 1 atom stereocenters. The van der Waals surface area contributed by atoms with Crippen molar-refractivity contribution in [2.24, 2.45) is 0 Å². The first-order valence-electron chi connectivity index (χ1n) is 11.5. The van der Waals surface area contributed by atoms with Crippen LogP contribution in [0.15, 0.2) is 42.5 Å². The van der Waals surface area contributed by atoms with E-state index in [9.17, 15) is 9.59 Å². The van der Waals surface area contributed by atoms with Crippen LogP contribution in [0.4, 0.5) is 0 Å². The number of rotatable bonds is 7. The molecule has 31 heavy (non-hydrogen) atoms. The summed E-state index contributed by atoms with van der Waals surface area (Å²) in [4.78, 5) is 28.2. The van der Waals surface area contributed by atoms with Crippen LogP contribution in [0, 0.1) is 20.8 Å². The molecule has 0 radical (unpaired) electrons. The minimum absolute atomic E-state index is 0.0168. The molecule has 4 heteroatoms. The second kappa shape index (κ2) is 10.6. The van der Waals surface area contributed by atoms with E-state index in [1.807, 2.05) is 39.8 Å². The van der Waals surface area contributed by atoms with E-state index in [-0.39, 0.29) is 17.9 Å². The number of carbonyl (C=O) groups excluding carboxylic acids is 2. The summed E-state index contributed by atoms with van der Waals surface area (Å²) in [6.07, 6.45) is 5.95. The number of benzene rings is 2. The Hall–Kier alpha value is -2.62. The van der Waals surface area contributed by atoms with Crippen molar-refractivity contribution >= 4 is 11.8 Å². The molecule has 0 saturated heterocycles. The Kier molecular flexibility index (Phi) is 7.89. The van der Waals surface area contributed by atoms with Gasteiger partial charge < -0.3 is 10.2 Å². The lowest BCUT2D eigenvalue weighted by molar-refractivity contribution is -0.140. The summed E-state index contributed by atoms with van der Waals surface area (Å²) in [5, 5.41) is 3.20. The Labute approximate surface area is 187 Å². The Bertz CT molecular complexity index is 878. The van der Waals surface area contributed by atoms with Gasteiger partial charge in [-0.25, -0.2) is 0 Å². The molecule has 0 aromatic heterocycles. The monoisotopic (exact) mass is 420 g/mol. The van der Waals surface area contributed by atoms with Crippen LogP contribution in [0.25, 0.3) is 0 Å². The average molecular weight is 421 g/mol. The number of nitrogens with one attached hydrogen (secondary N) is 1. The molecule has 0 heterocycles. The third-order valence-corrected chi connectivity index (χ3v) is 6.23. The van der Waals surface area contributed by atoms with Crippen LogP contribution in [-0.2, 0) is 22.6 Å².